The van der Waals surface area contributed by atoms with Crippen LogP contribution in [-0.4, -0.2) is 61.0 Å². The Hall–Kier alpha value is -2.45. The number of halogens is 3. The fourth-order valence-corrected chi connectivity index (χ4v) is 3.70. The molecule has 0 aliphatic carbocycles. The van der Waals surface area contributed by atoms with Crippen LogP contribution in [0, 0.1) is 5.92 Å². The number of primary amides is 1. The zero-order valence-corrected chi connectivity index (χ0v) is 14.9. The first-order valence-corrected chi connectivity index (χ1v) is 9.01. The van der Waals surface area contributed by atoms with Crippen molar-refractivity contribution in [2.24, 2.45) is 11.7 Å². The van der Waals surface area contributed by atoms with Gasteiger partial charge in [0, 0.05) is 45.0 Å². The molecule has 0 unspecified atom stereocenters. The number of urea groups is 1. The van der Waals surface area contributed by atoms with E-state index in [0.29, 0.717) is 45.0 Å². The third kappa shape index (κ3) is 4.45. The Balaban J connectivity index is 1.59. The normalized spacial score (nSPS) is 21.3. The van der Waals surface area contributed by atoms with Gasteiger partial charge in [-0.1, -0.05) is 6.07 Å². The van der Waals surface area contributed by atoms with E-state index in [0.717, 1.165) is 25.0 Å². The molecule has 2 N–H and O–H groups in total. The predicted molar refractivity (Wildman–Crippen MR) is 94.1 cm³/mol. The molecule has 2 aliphatic rings. The first-order chi connectivity index (χ1) is 12.8. The second-order valence-corrected chi connectivity index (χ2v) is 6.98. The average Bonchev–Trinajstić information content (AvgIpc) is 2.67. The lowest BCUT2D eigenvalue weighted by Gasteiger charge is -2.39. The maximum absolute atomic E-state index is 12.9. The van der Waals surface area contributed by atoms with Crippen LogP contribution in [-0.2, 0) is 11.0 Å². The largest absolute Gasteiger partial charge is 0.416 e. The Labute approximate surface area is 155 Å². The van der Waals surface area contributed by atoms with E-state index < -0.39 is 17.8 Å². The number of piperidine rings is 1. The van der Waals surface area contributed by atoms with Gasteiger partial charge in [-0.2, -0.15) is 13.2 Å². The van der Waals surface area contributed by atoms with Crippen molar-refractivity contribution in [3.8, 4) is 0 Å². The van der Waals surface area contributed by atoms with Crippen LogP contribution >= 0.6 is 0 Å². The van der Waals surface area contributed by atoms with Crippen LogP contribution in [0.25, 0.3) is 0 Å². The standard InChI is InChI=1S/C18H23F3N4O2/c19-18(20,21)14-4-1-5-15(11-14)23-7-9-24(10-8-23)16(26)13-3-2-6-25(12-13)17(22)27/h1,4-5,11,13H,2-3,6-10,12H2,(H2,22,27)/t13-/m1/s1. The Bertz CT molecular complexity index is 702. The number of nitrogens with two attached hydrogens (primary N) is 1. The number of piperazine rings is 1. The van der Waals surface area contributed by atoms with Crippen LogP contribution in [0.4, 0.5) is 23.7 Å². The molecule has 3 amide bonds. The summed E-state index contributed by atoms with van der Waals surface area (Å²) in [7, 11) is 0. The topological polar surface area (TPSA) is 69.9 Å². The molecule has 0 saturated carbocycles. The van der Waals surface area contributed by atoms with E-state index in [4.69, 9.17) is 5.73 Å². The summed E-state index contributed by atoms with van der Waals surface area (Å²) < 4.78 is 38.7. The first kappa shape index (κ1) is 19.3. The number of hydrogen-bond acceptors (Lipinski definition) is 3. The number of carbonyl (C=O) groups excluding carboxylic acids is 2. The van der Waals surface area contributed by atoms with Crippen molar-refractivity contribution in [3.63, 3.8) is 0 Å². The van der Waals surface area contributed by atoms with Crippen molar-refractivity contribution in [1.29, 1.82) is 0 Å². The third-order valence-electron chi connectivity index (χ3n) is 5.21. The maximum Gasteiger partial charge on any atom is 0.416 e. The van der Waals surface area contributed by atoms with Gasteiger partial charge in [-0.3, -0.25) is 4.79 Å². The molecule has 1 aromatic carbocycles. The number of nitrogens with zero attached hydrogens (tertiary/aromatic N) is 3. The maximum atomic E-state index is 12.9. The molecule has 2 fully saturated rings. The summed E-state index contributed by atoms with van der Waals surface area (Å²) in [6, 6.07) is 4.73. The smallest absolute Gasteiger partial charge is 0.368 e. The Morgan fingerprint density at radius 3 is 2.37 bits per heavy atom. The lowest BCUT2D eigenvalue weighted by Crippen LogP contribution is -2.53. The van der Waals surface area contributed by atoms with Crippen LogP contribution in [0.5, 0.6) is 0 Å². The number of likely N-dealkylation sites (tertiary alicyclic amines) is 1. The Morgan fingerprint density at radius 2 is 1.74 bits per heavy atom. The second-order valence-electron chi connectivity index (χ2n) is 6.98. The molecule has 2 heterocycles. The van der Waals surface area contributed by atoms with Gasteiger partial charge in [0.2, 0.25) is 5.91 Å². The Kier molecular flexibility index (Phi) is 5.48. The van der Waals surface area contributed by atoms with Gasteiger partial charge in [0.15, 0.2) is 0 Å². The molecule has 2 saturated heterocycles. The quantitative estimate of drug-likeness (QED) is 0.849. The van der Waals surface area contributed by atoms with E-state index in [1.54, 1.807) is 11.0 Å². The van der Waals surface area contributed by atoms with Crippen LogP contribution < -0.4 is 10.6 Å². The summed E-state index contributed by atoms with van der Waals surface area (Å²) in [5.41, 5.74) is 5.14. The van der Waals surface area contributed by atoms with E-state index in [1.807, 2.05) is 4.90 Å². The molecule has 0 bridgehead atoms. The fraction of sp³-hybridized carbons (Fsp3) is 0.556. The van der Waals surface area contributed by atoms with Gasteiger partial charge in [0.25, 0.3) is 0 Å². The van der Waals surface area contributed by atoms with E-state index >= 15 is 0 Å². The molecule has 0 aromatic heterocycles. The Morgan fingerprint density at radius 1 is 1.04 bits per heavy atom. The monoisotopic (exact) mass is 384 g/mol. The highest BCUT2D eigenvalue weighted by atomic mass is 19.4. The van der Waals surface area contributed by atoms with Gasteiger partial charge in [-0.05, 0) is 31.0 Å². The summed E-state index contributed by atoms with van der Waals surface area (Å²) in [4.78, 5) is 29.1. The van der Waals surface area contributed by atoms with Crippen molar-refractivity contribution < 1.29 is 22.8 Å². The molecule has 1 aromatic rings. The van der Waals surface area contributed by atoms with Gasteiger partial charge in [0.05, 0.1) is 11.5 Å². The minimum atomic E-state index is -4.37. The number of anilines is 1. The van der Waals surface area contributed by atoms with Crippen molar-refractivity contribution in [1.82, 2.24) is 9.80 Å². The summed E-state index contributed by atoms with van der Waals surface area (Å²) in [6.07, 6.45) is -2.92. The second kappa shape index (κ2) is 7.66. The number of carbonyl (C=O) groups is 2. The molecule has 0 radical (unpaired) electrons. The van der Waals surface area contributed by atoms with Crippen molar-refractivity contribution in [3.05, 3.63) is 29.8 Å². The van der Waals surface area contributed by atoms with Gasteiger partial charge in [0.1, 0.15) is 0 Å². The van der Waals surface area contributed by atoms with Crippen LogP contribution in [0.2, 0.25) is 0 Å². The van der Waals surface area contributed by atoms with E-state index in [9.17, 15) is 22.8 Å². The molecular formula is C18H23F3N4O2. The van der Waals surface area contributed by atoms with Crippen LogP contribution in [0.1, 0.15) is 18.4 Å². The molecule has 148 valence electrons. The van der Waals surface area contributed by atoms with Crippen molar-refractivity contribution >= 4 is 17.6 Å². The molecular weight excluding hydrogens is 361 g/mol. The molecule has 6 nitrogen and oxygen atoms in total. The molecule has 2 aliphatic heterocycles. The zero-order valence-electron chi connectivity index (χ0n) is 14.9. The number of alkyl halides is 3. The molecule has 27 heavy (non-hydrogen) atoms. The highest BCUT2D eigenvalue weighted by Gasteiger charge is 2.33. The van der Waals surface area contributed by atoms with Gasteiger partial charge >= 0.3 is 12.2 Å². The molecule has 3 rings (SSSR count). The van der Waals surface area contributed by atoms with Gasteiger partial charge < -0.3 is 20.4 Å². The summed E-state index contributed by atoms with van der Waals surface area (Å²) in [6.45, 7) is 2.74. The third-order valence-corrected chi connectivity index (χ3v) is 5.21. The van der Waals surface area contributed by atoms with E-state index in [-0.39, 0.29) is 11.8 Å². The number of rotatable bonds is 2. The summed E-state index contributed by atoms with van der Waals surface area (Å²) >= 11 is 0. The highest BCUT2D eigenvalue weighted by molar-refractivity contribution is 5.81. The van der Waals surface area contributed by atoms with E-state index in [2.05, 4.69) is 0 Å². The highest BCUT2D eigenvalue weighted by Crippen LogP contribution is 2.32. The fourth-order valence-electron chi connectivity index (χ4n) is 3.70. The predicted octanol–water partition coefficient (Wildman–Crippen LogP) is 2.14. The number of benzene rings is 1. The summed E-state index contributed by atoms with van der Waals surface area (Å²) in [5, 5.41) is 0. The minimum Gasteiger partial charge on any atom is -0.368 e. The van der Waals surface area contributed by atoms with Crippen molar-refractivity contribution in [2.75, 3.05) is 44.2 Å². The average molecular weight is 384 g/mol. The number of amides is 3. The van der Waals surface area contributed by atoms with Gasteiger partial charge in [-0.15, -0.1) is 0 Å². The minimum absolute atomic E-state index is 0.00959. The SMILES string of the molecule is NC(=O)N1CCC[C@@H](C(=O)N2CCN(c3cccc(C(F)(F)F)c3)CC2)C1. The molecule has 0 spiro atoms. The molecule has 9 heteroatoms. The van der Waals surface area contributed by atoms with Crippen molar-refractivity contribution in [2.45, 2.75) is 19.0 Å². The zero-order chi connectivity index (χ0) is 19.6. The number of hydrogen-bond donors (Lipinski definition) is 1. The van der Waals surface area contributed by atoms with Gasteiger partial charge in [-0.25, -0.2) is 4.79 Å². The van der Waals surface area contributed by atoms with Crippen LogP contribution in [0.15, 0.2) is 24.3 Å². The summed E-state index contributed by atoms with van der Waals surface area (Å²) in [5.74, 6) is -0.268. The first-order valence-electron chi connectivity index (χ1n) is 9.01. The van der Waals surface area contributed by atoms with E-state index in [1.165, 1.54) is 11.0 Å². The lowest BCUT2D eigenvalue weighted by molar-refractivity contribution is -0.138. The van der Waals surface area contributed by atoms with Crippen LogP contribution in [0.3, 0.4) is 0 Å². The molecule has 1 atom stereocenters. The lowest BCUT2D eigenvalue weighted by atomic mass is 9.96.